The van der Waals surface area contributed by atoms with Gasteiger partial charge in [0.2, 0.25) is 0 Å². The first-order valence-electron chi connectivity index (χ1n) is 23.5. The second-order valence-corrected chi connectivity index (χ2v) is 18.9. The molecule has 2 aromatic heterocycles. The second-order valence-electron chi connectivity index (χ2n) is 17.1. The van der Waals surface area contributed by atoms with Crippen LogP contribution in [0.4, 0.5) is 0 Å². The van der Waals surface area contributed by atoms with E-state index in [1.807, 2.05) is 10.8 Å². The third-order valence-corrected chi connectivity index (χ3v) is 12.0. The minimum Gasteiger partial charge on any atom is -0.486 e. The lowest BCUT2D eigenvalue weighted by Crippen LogP contribution is -2.16. The highest BCUT2D eigenvalue weighted by Crippen LogP contribution is 2.51. The van der Waals surface area contributed by atoms with E-state index in [9.17, 15) is 0 Å². The molecule has 0 radical (unpaired) electrons. The standard InChI is InChI=1S/C48H86O12S2/c1-9-11-19-49-23-27-53-31-35-57-41-39-61-40-42(41)58-36-32-54-29-25-51-21-17-15-13-14-16-18-22-52-26-30-56-34-38-60-44-43(59-37-33-55-28-24-50-20-12-10-2)45(47(3,4)5)62-46(44)48(6,7)8/h39-40H,9-38H2,1-8H3. The van der Waals surface area contributed by atoms with Gasteiger partial charge in [-0.3, -0.25) is 0 Å². The number of unbranched alkanes of at least 4 members (excludes halogenated alkanes) is 7. The van der Waals surface area contributed by atoms with E-state index in [0.717, 1.165) is 88.0 Å². The lowest BCUT2D eigenvalue weighted by atomic mass is 9.91. The summed E-state index contributed by atoms with van der Waals surface area (Å²) in [5.41, 5.74) is -0.167. The Hall–Kier alpha value is -1.72. The Kier molecular flexibility index (Phi) is 33.2. The molecule has 0 N–H and O–H groups in total. The first-order chi connectivity index (χ1) is 30.1. The van der Waals surface area contributed by atoms with E-state index in [4.69, 9.17) is 56.8 Å². The van der Waals surface area contributed by atoms with Gasteiger partial charge in [-0.25, -0.2) is 0 Å². The molecule has 0 spiro atoms. The molecule has 0 unspecified atom stereocenters. The predicted octanol–water partition coefficient (Wildman–Crippen LogP) is 10.7. The first kappa shape index (κ1) is 56.4. The maximum Gasteiger partial charge on any atom is 0.176 e. The van der Waals surface area contributed by atoms with E-state index in [0.29, 0.717) is 106 Å². The van der Waals surface area contributed by atoms with E-state index in [2.05, 4.69) is 55.4 Å². The fourth-order valence-corrected chi connectivity index (χ4v) is 7.85. The molecule has 2 heterocycles. The van der Waals surface area contributed by atoms with Gasteiger partial charge in [-0.15, -0.1) is 22.7 Å². The zero-order chi connectivity index (χ0) is 45.0. The van der Waals surface area contributed by atoms with Gasteiger partial charge >= 0.3 is 0 Å². The predicted molar refractivity (Wildman–Crippen MR) is 252 cm³/mol. The van der Waals surface area contributed by atoms with Crippen LogP contribution in [0.25, 0.3) is 0 Å². The Morgan fingerprint density at radius 2 is 0.613 bits per heavy atom. The summed E-state index contributed by atoms with van der Waals surface area (Å²) in [5, 5.41) is 3.89. The van der Waals surface area contributed by atoms with Crippen molar-refractivity contribution >= 4 is 22.7 Å². The average Bonchev–Trinajstić information content (AvgIpc) is 3.86. The molecule has 0 fully saturated rings. The third-order valence-electron chi connectivity index (χ3n) is 9.30. The van der Waals surface area contributed by atoms with E-state index < -0.39 is 0 Å². The number of hydrogen-bond donors (Lipinski definition) is 0. The number of rotatable bonds is 43. The monoisotopic (exact) mass is 919 g/mol. The van der Waals surface area contributed by atoms with E-state index >= 15 is 0 Å². The molecule has 362 valence electrons. The highest BCUT2D eigenvalue weighted by molar-refractivity contribution is 7.13. The Bertz CT molecular complexity index is 1310. The lowest BCUT2D eigenvalue weighted by Gasteiger charge is -2.20. The van der Waals surface area contributed by atoms with Gasteiger partial charge in [-0.2, -0.15) is 0 Å². The van der Waals surface area contributed by atoms with Crippen molar-refractivity contribution in [2.24, 2.45) is 0 Å². The van der Waals surface area contributed by atoms with Crippen LogP contribution in [-0.2, 0) is 48.7 Å². The number of thiophene rings is 2. The van der Waals surface area contributed by atoms with Crippen molar-refractivity contribution in [2.45, 2.75) is 130 Å². The van der Waals surface area contributed by atoms with E-state index in [1.54, 1.807) is 22.7 Å². The molecule has 0 atom stereocenters. The summed E-state index contributed by atoms with van der Waals surface area (Å²) in [6.45, 7) is 29.3. The van der Waals surface area contributed by atoms with Crippen LogP contribution in [0.3, 0.4) is 0 Å². The molecule has 12 nitrogen and oxygen atoms in total. The van der Waals surface area contributed by atoms with Crippen LogP contribution in [-0.4, -0.2) is 132 Å². The maximum atomic E-state index is 6.41. The summed E-state index contributed by atoms with van der Waals surface area (Å²) >= 11 is 3.33. The molecular weight excluding hydrogens is 833 g/mol. The van der Waals surface area contributed by atoms with Crippen LogP contribution < -0.4 is 18.9 Å². The van der Waals surface area contributed by atoms with Gasteiger partial charge in [0.15, 0.2) is 23.0 Å². The zero-order valence-electron chi connectivity index (χ0n) is 40.1. The van der Waals surface area contributed by atoms with Crippen LogP contribution >= 0.6 is 22.7 Å². The molecule has 2 aromatic rings. The molecule has 0 saturated carbocycles. The van der Waals surface area contributed by atoms with Gasteiger partial charge in [-0.05, 0) is 25.7 Å². The largest absolute Gasteiger partial charge is 0.486 e. The average molecular weight is 919 g/mol. The molecule has 0 aliphatic rings. The van der Waals surface area contributed by atoms with Gasteiger partial charge in [0.05, 0.1) is 89.0 Å². The normalized spacial score (nSPS) is 12.1. The van der Waals surface area contributed by atoms with Crippen LogP contribution in [0.2, 0.25) is 0 Å². The summed E-state index contributed by atoms with van der Waals surface area (Å²) in [4.78, 5) is 2.38. The third kappa shape index (κ3) is 27.6. The zero-order valence-corrected chi connectivity index (χ0v) is 41.7. The minimum atomic E-state index is -0.0846. The van der Waals surface area contributed by atoms with Gasteiger partial charge in [0, 0.05) is 48.0 Å². The van der Waals surface area contributed by atoms with Gasteiger partial charge in [0.25, 0.3) is 0 Å². The molecule has 0 aliphatic carbocycles. The van der Waals surface area contributed by atoms with Crippen LogP contribution in [0.5, 0.6) is 23.0 Å². The molecule has 62 heavy (non-hydrogen) atoms. The minimum absolute atomic E-state index is 0.0822. The summed E-state index contributed by atoms with van der Waals surface area (Å²) in [6.07, 6.45) is 11.3. The Morgan fingerprint density at radius 3 is 0.935 bits per heavy atom. The van der Waals surface area contributed by atoms with Crippen molar-refractivity contribution in [1.29, 1.82) is 0 Å². The van der Waals surface area contributed by atoms with E-state index in [1.165, 1.54) is 35.4 Å². The second kappa shape index (κ2) is 36.5. The van der Waals surface area contributed by atoms with Crippen LogP contribution in [0.1, 0.15) is 129 Å². The fourth-order valence-electron chi connectivity index (χ4n) is 5.86. The van der Waals surface area contributed by atoms with Crippen LogP contribution in [0.15, 0.2) is 10.8 Å². The van der Waals surface area contributed by atoms with Crippen molar-refractivity contribution < 1.29 is 56.8 Å². The molecular formula is C48H86O12S2. The molecule has 2 rings (SSSR count). The van der Waals surface area contributed by atoms with Crippen molar-refractivity contribution in [2.75, 3.05) is 132 Å². The number of hydrogen-bond acceptors (Lipinski definition) is 14. The van der Waals surface area contributed by atoms with Gasteiger partial charge in [0.1, 0.15) is 26.4 Å². The van der Waals surface area contributed by atoms with Gasteiger partial charge < -0.3 is 56.8 Å². The van der Waals surface area contributed by atoms with Crippen molar-refractivity contribution in [1.82, 2.24) is 0 Å². The topological polar surface area (TPSA) is 111 Å². The Balaban J connectivity index is 1.43. The Labute approximate surface area is 384 Å². The van der Waals surface area contributed by atoms with Crippen molar-refractivity contribution in [3.63, 3.8) is 0 Å². The first-order valence-corrected chi connectivity index (χ1v) is 25.2. The Morgan fingerprint density at radius 1 is 0.339 bits per heavy atom. The van der Waals surface area contributed by atoms with E-state index in [-0.39, 0.29) is 10.8 Å². The lowest BCUT2D eigenvalue weighted by molar-refractivity contribution is 0.0318. The molecule has 0 bridgehead atoms. The fraction of sp³-hybridized carbons (Fsp3) is 0.833. The molecule has 0 saturated heterocycles. The van der Waals surface area contributed by atoms with Crippen molar-refractivity contribution in [3.8, 4) is 23.0 Å². The molecule has 14 heteroatoms. The SMILES string of the molecule is CCCCOCCOCCOc1cscc1OCCOCCOCCCCCCCCOCCOCCOc1c(C(C)(C)C)sc(C(C)(C)C)c1OCCOCCOCCCC. The number of ether oxygens (including phenoxy) is 12. The van der Waals surface area contributed by atoms with Crippen LogP contribution in [0, 0.1) is 0 Å². The molecule has 0 amide bonds. The maximum absolute atomic E-state index is 6.41. The molecule has 0 aliphatic heterocycles. The highest BCUT2D eigenvalue weighted by Gasteiger charge is 2.33. The molecule has 0 aromatic carbocycles. The smallest absolute Gasteiger partial charge is 0.176 e. The summed E-state index contributed by atoms with van der Waals surface area (Å²) in [6, 6.07) is 0. The summed E-state index contributed by atoms with van der Waals surface area (Å²) in [7, 11) is 0. The van der Waals surface area contributed by atoms with Gasteiger partial charge in [-0.1, -0.05) is 93.9 Å². The highest BCUT2D eigenvalue weighted by atomic mass is 32.1. The van der Waals surface area contributed by atoms with Crippen molar-refractivity contribution in [3.05, 3.63) is 20.5 Å². The quantitative estimate of drug-likeness (QED) is 0.0591. The summed E-state index contributed by atoms with van der Waals surface area (Å²) in [5.74, 6) is 3.15. The summed E-state index contributed by atoms with van der Waals surface area (Å²) < 4.78 is 70.0.